The van der Waals surface area contributed by atoms with Gasteiger partial charge in [-0.1, -0.05) is 29.4 Å². The minimum Gasteiger partial charge on any atom is -0.339 e. The summed E-state index contributed by atoms with van der Waals surface area (Å²) in [6.45, 7) is 2.12. The maximum Gasteiger partial charge on any atom is 0.234 e. The number of hydrogen-bond donors (Lipinski definition) is 1. The number of nitrogens with zero attached hydrogens (tertiary/aromatic N) is 2. The normalized spacial score (nSPS) is 18.7. The Kier molecular flexibility index (Phi) is 5.37. The van der Waals surface area contributed by atoms with Crippen LogP contribution in [0.1, 0.15) is 48.5 Å². The predicted octanol–water partition coefficient (Wildman–Crippen LogP) is 3.11. The van der Waals surface area contributed by atoms with Crippen molar-refractivity contribution in [3.8, 4) is 0 Å². The van der Waals surface area contributed by atoms with Crippen molar-refractivity contribution < 1.29 is 4.52 Å². The summed E-state index contributed by atoms with van der Waals surface area (Å²) < 4.78 is 5.52. The smallest absolute Gasteiger partial charge is 0.234 e. The van der Waals surface area contributed by atoms with Crippen molar-refractivity contribution in [2.45, 2.75) is 44.6 Å². The topological polar surface area (TPSA) is 51.0 Å². The monoisotopic (exact) mass is 307 g/mol. The van der Waals surface area contributed by atoms with Gasteiger partial charge in [0, 0.05) is 12.5 Å². The number of benzene rings is 1. The molecule has 1 aromatic carbocycles. The molecule has 3 rings (SSSR count). The second-order valence-corrected chi connectivity index (χ2v) is 5.59. The molecule has 5 heteroatoms. The first kappa shape index (κ1) is 16.0. The van der Waals surface area contributed by atoms with Gasteiger partial charge in [-0.2, -0.15) is 4.98 Å². The molecule has 0 saturated carbocycles. The lowest BCUT2D eigenvalue weighted by Crippen LogP contribution is -2.24. The number of aromatic nitrogens is 2. The average Bonchev–Trinajstić information content (AvgIpc) is 2.94. The zero-order chi connectivity index (χ0) is 13.9. The number of fused-ring (bicyclic) bond motifs is 1. The molecule has 1 N–H and O–H groups in total. The molecule has 21 heavy (non-hydrogen) atoms. The summed E-state index contributed by atoms with van der Waals surface area (Å²) in [5.74, 6) is 1.84. The third-order valence-electron chi connectivity index (χ3n) is 4.13. The summed E-state index contributed by atoms with van der Waals surface area (Å²) in [4.78, 5) is 4.60. The molecule has 2 unspecified atom stereocenters. The molecule has 114 valence electrons. The largest absolute Gasteiger partial charge is 0.339 e. The summed E-state index contributed by atoms with van der Waals surface area (Å²) in [6.07, 6.45) is 4.24. The zero-order valence-corrected chi connectivity index (χ0v) is 13.3. The van der Waals surface area contributed by atoms with E-state index in [1.165, 1.54) is 17.5 Å². The van der Waals surface area contributed by atoms with E-state index in [1.807, 2.05) is 7.05 Å². The van der Waals surface area contributed by atoms with E-state index in [0.717, 1.165) is 31.0 Å². The highest BCUT2D eigenvalue weighted by molar-refractivity contribution is 5.85. The van der Waals surface area contributed by atoms with E-state index in [9.17, 15) is 0 Å². The van der Waals surface area contributed by atoms with Crippen molar-refractivity contribution in [2.24, 2.45) is 0 Å². The Morgan fingerprint density at radius 1 is 1.38 bits per heavy atom. The van der Waals surface area contributed by atoms with Crippen LogP contribution in [-0.4, -0.2) is 23.2 Å². The number of halogens is 1. The predicted molar refractivity (Wildman–Crippen MR) is 85.0 cm³/mol. The molecule has 1 heterocycles. The third-order valence-corrected chi connectivity index (χ3v) is 4.13. The van der Waals surface area contributed by atoms with E-state index in [2.05, 4.69) is 46.6 Å². The molecule has 1 aromatic heterocycles. The highest BCUT2D eigenvalue weighted by Crippen LogP contribution is 2.35. The first-order valence-electron chi connectivity index (χ1n) is 7.35. The molecule has 2 aromatic rings. The summed E-state index contributed by atoms with van der Waals surface area (Å²) in [5, 5.41) is 7.32. The first-order valence-corrected chi connectivity index (χ1v) is 7.35. The summed E-state index contributed by atoms with van der Waals surface area (Å²) >= 11 is 0. The van der Waals surface area contributed by atoms with Crippen molar-refractivity contribution in [3.05, 3.63) is 47.1 Å². The molecule has 0 aliphatic heterocycles. The fraction of sp³-hybridized carbons (Fsp3) is 0.500. The number of nitrogens with one attached hydrogen (secondary N) is 1. The van der Waals surface area contributed by atoms with Gasteiger partial charge >= 0.3 is 0 Å². The van der Waals surface area contributed by atoms with E-state index < -0.39 is 0 Å². The van der Waals surface area contributed by atoms with Gasteiger partial charge in [0.05, 0.1) is 5.92 Å². The van der Waals surface area contributed by atoms with Crippen LogP contribution in [-0.2, 0) is 12.8 Å². The molecular weight excluding hydrogens is 286 g/mol. The lowest BCUT2D eigenvalue weighted by Gasteiger charge is -2.22. The fourth-order valence-corrected chi connectivity index (χ4v) is 2.88. The second-order valence-electron chi connectivity index (χ2n) is 5.59. The maximum atomic E-state index is 5.52. The van der Waals surface area contributed by atoms with Gasteiger partial charge in [-0.3, -0.25) is 0 Å². The number of hydrogen-bond acceptors (Lipinski definition) is 4. The van der Waals surface area contributed by atoms with Crippen LogP contribution in [0, 0.1) is 0 Å². The summed E-state index contributed by atoms with van der Waals surface area (Å²) in [6, 6.07) is 8.97. The zero-order valence-electron chi connectivity index (χ0n) is 12.5. The lowest BCUT2D eigenvalue weighted by atomic mass is 9.83. The van der Waals surface area contributed by atoms with Gasteiger partial charge in [0.1, 0.15) is 0 Å². The van der Waals surface area contributed by atoms with Gasteiger partial charge in [0.15, 0.2) is 5.82 Å². The Morgan fingerprint density at radius 2 is 2.19 bits per heavy atom. The third kappa shape index (κ3) is 3.44. The van der Waals surface area contributed by atoms with Crippen LogP contribution in [0.5, 0.6) is 0 Å². The van der Waals surface area contributed by atoms with Crippen LogP contribution >= 0.6 is 12.4 Å². The minimum atomic E-state index is 0. The van der Waals surface area contributed by atoms with E-state index in [0.29, 0.717) is 6.04 Å². The highest BCUT2D eigenvalue weighted by atomic mass is 35.5. The molecule has 0 fully saturated rings. The first-order chi connectivity index (χ1) is 9.78. The molecule has 1 aliphatic carbocycles. The van der Waals surface area contributed by atoms with Crippen LogP contribution in [0.15, 0.2) is 28.8 Å². The number of rotatable bonds is 4. The standard InChI is InChI=1S/C16H21N3O.ClH/c1-11(17-2)10-15-18-16(20-19-15)14-9-5-7-12-6-3-4-8-13(12)14;/h3-4,6,8,11,14,17H,5,7,9-10H2,1-2H3;1H. The molecule has 0 spiro atoms. The molecule has 2 atom stereocenters. The molecule has 0 bridgehead atoms. The van der Waals surface area contributed by atoms with E-state index in [-0.39, 0.29) is 18.3 Å². The number of likely N-dealkylation sites (N-methyl/N-ethyl adjacent to an activating group) is 1. The molecule has 1 aliphatic rings. The summed E-state index contributed by atoms with van der Waals surface area (Å²) in [5.41, 5.74) is 2.78. The molecule has 0 amide bonds. The van der Waals surface area contributed by atoms with Crippen LogP contribution in [0.2, 0.25) is 0 Å². The van der Waals surface area contributed by atoms with Gasteiger partial charge in [0.25, 0.3) is 0 Å². The Balaban J connectivity index is 0.00000161. The van der Waals surface area contributed by atoms with E-state index >= 15 is 0 Å². The van der Waals surface area contributed by atoms with Gasteiger partial charge < -0.3 is 9.84 Å². The van der Waals surface area contributed by atoms with Gasteiger partial charge in [-0.05, 0) is 44.4 Å². The molecule has 0 saturated heterocycles. The van der Waals surface area contributed by atoms with Crippen molar-refractivity contribution in [1.29, 1.82) is 0 Å². The van der Waals surface area contributed by atoms with Crippen LogP contribution < -0.4 is 5.32 Å². The fourth-order valence-electron chi connectivity index (χ4n) is 2.88. The number of aryl methyl sites for hydroxylation is 1. The molecular formula is C16H22ClN3O. The SMILES string of the molecule is CNC(C)Cc1noc(C2CCCc3ccccc32)n1.Cl. The Hall–Kier alpha value is -1.39. The molecule has 0 radical (unpaired) electrons. The summed E-state index contributed by atoms with van der Waals surface area (Å²) in [7, 11) is 1.95. The van der Waals surface area contributed by atoms with Crippen LogP contribution in [0.4, 0.5) is 0 Å². The maximum absolute atomic E-state index is 5.52. The Labute approximate surface area is 131 Å². The van der Waals surface area contributed by atoms with Gasteiger partial charge in [0.2, 0.25) is 5.89 Å². The Bertz CT molecular complexity index is 584. The quantitative estimate of drug-likeness (QED) is 0.943. The van der Waals surface area contributed by atoms with Gasteiger partial charge in [-0.15, -0.1) is 12.4 Å². The second kappa shape index (κ2) is 7.05. The van der Waals surface area contributed by atoms with Crippen molar-refractivity contribution in [3.63, 3.8) is 0 Å². The average molecular weight is 308 g/mol. The minimum absolute atomic E-state index is 0. The lowest BCUT2D eigenvalue weighted by molar-refractivity contribution is 0.349. The van der Waals surface area contributed by atoms with Gasteiger partial charge in [-0.25, -0.2) is 0 Å². The highest BCUT2D eigenvalue weighted by Gasteiger charge is 2.26. The van der Waals surface area contributed by atoms with E-state index in [4.69, 9.17) is 4.52 Å². The van der Waals surface area contributed by atoms with Crippen molar-refractivity contribution in [1.82, 2.24) is 15.5 Å². The van der Waals surface area contributed by atoms with E-state index in [1.54, 1.807) is 0 Å². The molecule has 4 nitrogen and oxygen atoms in total. The van der Waals surface area contributed by atoms with Crippen LogP contribution in [0.3, 0.4) is 0 Å². The van der Waals surface area contributed by atoms with Crippen molar-refractivity contribution in [2.75, 3.05) is 7.05 Å². The van der Waals surface area contributed by atoms with Crippen LogP contribution in [0.25, 0.3) is 0 Å². The van der Waals surface area contributed by atoms with Crippen molar-refractivity contribution >= 4 is 12.4 Å². The Morgan fingerprint density at radius 3 is 3.00 bits per heavy atom.